The number of ether oxygens (including phenoxy) is 2. The summed E-state index contributed by atoms with van der Waals surface area (Å²) in [5.41, 5.74) is -1.97. The van der Waals surface area contributed by atoms with Gasteiger partial charge in [0.25, 0.3) is 0 Å². The van der Waals surface area contributed by atoms with Crippen LogP contribution in [0, 0.1) is 0 Å². The van der Waals surface area contributed by atoms with Crippen molar-refractivity contribution in [3.63, 3.8) is 0 Å². The molecule has 0 spiro atoms. The average Bonchev–Trinajstić information content (AvgIpc) is 2.58. The van der Waals surface area contributed by atoms with Crippen LogP contribution < -0.4 is 0 Å². The predicted octanol–water partition coefficient (Wildman–Crippen LogP) is -5.34. The van der Waals surface area contributed by atoms with Crippen molar-refractivity contribution in [1.82, 2.24) is 0 Å². The third-order valence-corrected chi connectivity index (χ3v) is 4.48. The van der Waals surface area contributed by atoms with Gasteiger partial charge in [-0.25, -0.2) is 0 Å². The molecule has 0 bridgehead atoms. The Hall–Kier alpha value is 1.04. The minimum absolute atomic E-state index is 0. The van der Waals surface area contributed by atoms with E-state index in [0.29, 0.717) is 0 Å². The van der Waals surface area contributed by atoms with E-state index >= 15 is 0 Å². The van der Waals surface area contributed by atoms with Crippen LogP contribution in [0.2, 0.25) is 0 Å². The van der Waals surface area contributed by atoms with Gasteiger partial charge in [-0.3, -0.25) is 0 Å². The summed E-state index contributed by atoms with van der Waals surface area (Å²) in [6.45, 7) is -0.865. The maximum atomic E-state index is 9.18. The zero-order valence-electron chi connectivity index (χ0n) is 12.7. The maximum absolute atomic E-state index is 9.18. The fourth-order valence-electron chi connectivity index (χ4n) is 2.13. The molecule has 154 valence electrons. The summed E-state index contributed by atoms with van der Waals surface area (Å²) in [6, 6.07) is 0. The molecule has 0 unspecified atom stereocenters. The molecule has 0 radical (unpaired) electrons. The van der Waals surface area contributed by atoms with Crippen LogP contribution >= 0.6 is 0 Å². The molecule has 0 saturated carbocycles. The van der Waals surface area contributed by atoms with E-state index in [1.54, 1.807) is 0 Å². The smallest absolute Gasteiger partial charge is 0.759 e. The van der Waals surface area contributed by atoms with Gasteiger partial charge in [0.2, 0.25) is 0 Å². The first kappa shape index (κ1) is 26.0. The number of hydrogen-bond donors (Lipinski definition) is 8. The van der Waals surface area contributed by atoms with Gasteiger partial charge in [-0.05, 0) is 10.9 Å². The molecule has 25 heavy (non-hydrogen) atoms. The second kappa shape index (κ2) is 11.8. The minimum atomic E-state index is -1.35. The fraction of sp³-hybridized carbons (Fsp3) is 1.00. The molecular weight excluding hydrogens is 565 g/mol. The Morgan fingerprint density at radius 3 is 1.08 bits per heavy atom. The molecule has 2 aliphatic heterocycles. The molecule has 0 amide bonds. The Morgan fingerprint density at radius 2 is 0.840 bits per heavy atom. The SMILES string of the molecule is OC[C@H]1O[C@@H]([S-])[C@H](O)[C@@H](O)[C@@H]1O.OC[C@H]1O[C@H]([S-])[C@H](O)[C@@H](O)[C@@H]1O.[Au+]. The molecule has 10 nitrogen and oxygen atoms in total. The van der Waals surface area contributed by atoms with Crippen molar-refractivity contribution in [2.75, 3.05) is 13.2 Å². The molecule has 2 aliphatic rings. The largest absolute Gasteiger partial charge is 1.00 e. The Labute approximate surface area is 170 Å². The van der Waals surface area contributed by atoms with E-state index < -0.39 is 72.9 Å². The van der Waals surface area contributed by atoms with Gasteiger partial charge >= 0.3 is 22.4 Å². The molecule has 2 rings (SSSR count). The maximum Gasteiger partial charge on any atom is 1.00 e. The molecule has 0 aromatic rings. The molecule has 0 aromatic heterocycles. The van der Waals surface area contributed by atoms with Crippen molar-refractivity contribution in [2.45, 2.75) is 59.7 Å². The third-order valence-electron chi connectivity index (χ3n) is 3.70. The van der Waals surface area contributed by atoms with Gasteiger partial charge in [0, 0.05) is 0 Å². The second-order valence-electron chi connectivity index (χ2n) is 5.39. The number of aliphatic hydroxyl groups excluding tert-OH is 8. The average molecular weight is 587 g/mol. The number of rotatable bonds is 2. The quantitative estimate of drug-likeness (QED) is 0.114. The van der Waals surface area contributed by atoms with Crippen LogP contribution in [0.15, 0.2) is 0 Å². The zero-order chi connectivity index (χ0) is 18.6. The monoisotopic (exact) mass is 587 g/mol. The standard InChI is InChI=1S/2C6H12O5S.Au/c2*7-1-2-3(8)4(9)5(10)6(12)11-2;/h2*2-10,12H,1H2;/q;;+1/p-2/t2-,3-,4+,5-,6+;2-,3-,4+,5-,6-;/m11./s1. The molecule has 2 heterocycles. The molecule has 2 fully saturated rings. The van der Waals surface area contributed by atoms with E-state index in [2.05, 4.69) is 25.3 Å². The Kier molecular flexibility index (Phi) is 12.3. The minimum Gasteiger partial charge on any atom is -0.759 e. The summed E-state index contributed by atoms with van der Waals surface area (Å²) in [5, 5.41) is 72.2. The van der Waals surface area contributed by atoms with Crippen LogP contribution in [0.4, 0.5) is 0 Å². The topological polar surface area (TPSA) is 180 Å². The summed E-state index contributed by atoms with van der Waals surface area (Å²) in [6.07, 6.45) is -9.66. The fourth-order valence-corrected chi connectivity index (χ4v) is 2.74. The Balaban J connectivity index is 0.000000443. The van der Waals surface area contributed by atoms with Crippen molar-refractivity contribution >= 4 is 25.3 Å². The van der Waals surface area contributed by atoms with E-state index in [1.807, 2.05) is 0 Å². The van der Waals surface area contributed by atoms with Crippen LogP contribution in [0.3, 0.4) is 0 Å². The summed E-state index contributed by atoms with van der Waals surface area (Å²) in [5.74, 6) is 0. The first-order chi connectivity index (χ1) is 11.1. The molecule has 0 aromatic carbocycles. The van der Waals surface area contributed by atoms with Gasteiger partial charge in [0.1, 0.15) is 36.6 Å². The Bertz CT molecular complexity index is 340. The van der Waals surface area contributed by atoms with Crippen LogP contribution in [0.5, 0.6) is 0 Å². The van der Waals surface area contributed by atoms with Gasteiger partial charge in [0.15, 0.2) is 0 Å². The third kappa shape index (κ3) is 6.55. The van der Waals surface area contributed by atoms with Crippen molar-refractivity contribution < 1.29 is 72.7 Å². The molecule has 13 heteroatoms. The van der Waals surface area contributed by atoms with Gasteiger partial charge in [-0.15, -0.1) is 0 Å². The number of hydrogen-bond acceptors (Lipinski definition) is 12. The van der Waals surface area contributed by atoms with Crippen LogP contribution in [0.25, 0.3) is 0 Å². The zero-order valence-corrected chi connectivity index (χ0v) is 16.5. The van der Waals surface area contributed by atoms with Gasteiger partial charge in [0.05, 0.1) is 25.4 Å². The van der Waals surface area contributed by atoms with Crippen LogP contribution in [-0.2, 0) is 57.1 Å². The van der Waals surface area contributed by atoms with Crippen molar-refractivity contribution in [2.24, 2.45) is 0 Å². The van der Waals surface area contributed by atoms with E-state index in [-0.39, 0.29) is 22.4 Å². The first-order valence-electron chi connectivity index (χ1n) is 7.08. The molecular formula is C12H22AuO10S2-. The molecule has 0 aliphatic carbocycles. The van der Waals surface area contributed by atoms with E-state index in [1.165, 1.54) is 0 Å². The Morgan fingerprint density at radius 1 is 0.560 bits per heavy atom. The van der Waals surface area contributed by atoms with Gasteiger partial charge < -0.3 is 75.6 Å². The van der Waals surface area contributed by atoms with Gasteiger partial charge in [-0.1, -0.05) is 0 Å². The summed E-state index contributed by atoms with van der Waals surface area (Å²) in [4.78, 5) is 0. The molecule has 2 saturated heterocycles. The van der Waals surface area contributed by atoms with Crippen LogP contribution in [-0.4, -0.2) is 114 Å². The van der Waals surface area contributed by atoms with Crippen molar-refractivity contribution in [1.29, 1.82) is 0 Å². The van der Waals surface area contributed by atoms with Crippen LogP contribution in [0.1, 0.15) is 0 Å². The summed E-state index contributed by atoms with van der Waals surface area (Å²) in [7, 11) is 0. The normalized spacial score (nSPS) is 47.3. The summed E-state index contributed by atoms with van der Waals surface area (Å²) < 4.78 is 9.67. The van der Waals surface area contributed by atoms with E-state index in [9.17, 15) is 10.2 Å². The van der Waals surface area contributed by atoms with E-state index in [4.69, 9.17) is 40.1 Å². The van der Waals surface area contributed by atoms with Crippen molar-refractivity contribution in [3.05, 3.63) is 0 Å². The number of aliphatic hydroxyl groups is 8. The van der Waals surface area contributed by atoms with Gasteiger partial charge in [-0.2, -0.15) is 0 Å². The van der Waals surface area contributed by atoms with E-state index in [0.717, 1.165) is 0 Å². The predicted molar refractivity (Wildman–Crippen MR) is 82.3 cm³/mol. The summed E-state index contributed by atoms with van der Waals surface area (Å²) >= 11 is 9.26. The molecule has 10 atom stereocenters. The van der Waals surface area contributed by atoms with Crippen molar-refractivity contribution in [3.8, 4) is 0 Å². The second-order valence-corrected chi connectivity index (χ2v) is 6.32. The first-order valence-corrected chi connectivity index (χ1v) is 8.02. The molecule has 8 N–H and O–H groups in total.